The molecule has 3 atom stereocenters. The van der Waals surface area contributed by atoms with Gasteiger partial charge in [-0.25, -0.2) is 4.79 Å². The van der Waals surface area contributed by atoms with Gasteiger partial charge >= 0.3 is 6.09 Å². The average molecular weight is 227 g/mol. The molecular weight excluding hydrogens is 206 g/mol. The molecule has 1 saturated heterocycles. The number of fused-ring (bicyclic) bond motifs is 1. The summed E-state index contributed by atoms with van der Waals surface area (Å²) in [5, 5.41) is 18.4. The molecule has 0 unspecified atom stereocenters. The Morgan fingerprint density at radius 1 is 1.50 bits per heavy atom. The Bertz CT molecular complexity index is 310. The highest BCUT2D eigenvalue weighted by molar-refractivity contribution is 5.66. The van der Waals surface area contributed by atoms with Gasteiger partial charge in [0.25, 0.3) is 0 Å². The quantitative estimate of drug-likeness (QED) is 0.718. The summed E-state index contributed by atoms with van der Waals surface area (Å²) in [6.07, 6.45) is 1.03. The molecule has 2 rings (SSSR count). The largest absolute Gasteiger partial charge is 0.465 e. The van der Waals surface area contributed by atoms with Gasteiger partial charge in [-0.15, -0.1) is 0 Å². The number of hydrogen-bond acceptors (Lipinski definition) is 2. The fraction of sp³-hybridized carbons (Fsp3) is 0.917. The molecule has 0 aromatic rings. The van der Waals surface area contributed by atoms with Gasteiger partial charge in [0.1, 0.15) is 0 Å². The number of aliphatic hydroxyl groups excluding tert-OH is 1. The van der Waals surface area contributed by atoms with Crippen LogP contribution in [0.15, 0.2) is 0 Å². The third kappa shape index (κ3) is 1.51. The lowest BCUT2D eigenvalue weighted by Gasteiger charge is -2.42. The van der Waals surface area contributed by atoms with Crippen molar-refractivity contribution in [2.24, 2.45) is 16.7 Å². The Labute approximate surface area is 96.3 Å². The molecule has 2 aliphatic rings. The van der Waals surface area contributed by atoms with Crippen molar-refractivity contribution in [3.63, 3.8) is 0 Å². The van der Waals surface area contributed by atoms with Crippen LogP contribution in [0.1, 0.15) is 33.6 Å². The first kappa shape index (κ1) is 11.7. The molecule has 0 aromatic heterocycles. The van der Waals surface area contributed by atoms with E-state index in [1.54, 1.807) is 0 Å². The van der Waals surface area contributed by atoms with Crippen LogP contribution in [0.5, 0.6) is 0 Å². The molecule has 16 heavy (non-hydrogen) atoms. The summed E-state index contributed by atoms with van der Waals surface area (Å²) in [7, 11) is 0. The molecule has 0 radical (unpaired) electrons. The number of amides is 1. The summed E-state index contributed by atoms with van der Waals surface area (Å²) in [5.74, 6) is 0.597. The lowest BCUT2D eigenvalue weighted by molar-refractivity contribution is 0.0235. The van der Waals surface area contributed by atoms with Gasteiger partial charge in [0.15, 0.2) is 0 Å². The minimum atomic E-state index is -0.895. The summed E-state index contributed by atoms with van der Waals surface area (Å²) in [6, 6.07) is -0.194. The van der Waals surface area contributed by atoms with Crippen molar-refractivity contribution in [3.8, 4) is 0 Å². The normalized spacial score (nSPS) is 38.1. The molecule has 0 bridgehead atoms. The van der Waals surface area contributed by atoms with E-state index in [4.69, 9.17) is 0 Å². The Morgan fingerprint density at radius 2 is 2.12 bits per heavy atom. The summed E-state index contributed by atoms with van der Waals surface area (Å²) in [6.45, 7) is 7.09. The van der Waals surface area contributed by atoms with Crippen molar-refractivity contribution in [1.82, 2.24) is 4.90 Å². The highest BCUT2D eigenvalue weighted by Crippen LogP contribution is 2.67. The van der Waals surface area contributed by atoms with E-state index in [2.05, 4.69) is 20.8 Å². The van der Waals surface area contributed by atoms with Crippen LogP contribution in [0.25, 0.3) is 0 Å². The van der Waals surface area contributed by atoms with Gasteiger partial charge in [-0.3, -0.25) is 0 Å². The summed E-state index contributed by atoms with van der Waals surface area (Å²) >= 11 is 0. The molecule has 4 nitrogen and oxygen atoms in total. The molecule has 1 aliphatic heterocycles. The molecule has 0 spiro atoms. The molecule has 4 heteroatoms. The minimum Gasteiger partial charge on any atom is -0.465 e. The van der Waals surface area contributed by atoms with Crippen LogP contribution >= 0.6 is 0 Å². The van der Waals surface area contributed by atoms with E-state index in [1.807, 2.05) is 0 Å². The lowest BCUT2D eigenvalue weighted by atomic mass is 9.73. The zero-order valence-electron chi connectivity index (χ0n) is 10.2. The maximum absolute atomic E-state index is 11.2. The van der Waals surface area contributed by atoms with Crippen molar-refractivity contribution >= 4 is 6.09 Å². The van der Waals surface area contributed by atoms with Gasteiger partial charge in [0, 0.05) is 6.54 Å². The number of carbonyl (C=O) groups is 1. The fourth-order valence-electron chi connectivity index (χ4n) is 3.32. The average Bonchev–Trinajstić information content (AvgIpc) is 2.88. The van der Waals surface area contributed by atoms with Gasteiger partial charge < -0.3 is 15.1 Å². The number of piperidine rings is 1. The third-order valence-electron chi connectivity index (χ3n) is 4.63. The van der Waals surface area contributed by atoms with Crippen molar-refractivity contribution in [1.29, 1.82) is 0 Å². The number of nitrogens with zero attached hydrogens (tertiary/aromatic N) is 1. The first-order valence-electron chi connectivity index (χ1n) is 5.92. The SMILES string of the molecule is CC(C)(C)[C@@]12C[C@@H]1C[C@@H](CO)N(C(=O)O)C2. The van der Waals surface area contributed by atoms with E-state index in [-0.39, 0.29) is 23.5 Å². The highest BCUT2D eigenvalue weighted by atomic mass is 16.4. The van der Waals surface area contributed by atoms with Gasteiger partial charge in [-0.05, 0) is 29.6 Å². The Balaban J connectivity index is 2.19. The van der Waals surface area contributed by atoms with Crippen molar-refractivity contribution in [3.05, 3.63) is 0 Å². The van der Waals surface area contributed by atoms with Crippen LogP contribution < -0.4 is 0 Å². The second kappa shape index (κ2) is 3.36. The number of hydrogen-bond donors (Lipinski definition) is 2. The predicted octanol–water partition coefficient (Wildman–Crippen LogP) is 1.78. The van der Waals surface area contributed by atoms with Crippen molar-refractivity contribution < 1.29 is 15.0 Å². The molecule has 1 aliphatic carbocycles. The van der Waals surface area contributed by atoms with Crippen LogP contribution in [-0.2, 0) is 0 Å². The zero-order chi connectivity index (χ0) is 12.1. The highest BCUT2D eigenvalue weighted by Gasteiger charge is 2.64. The van der Waals surface area contributed by atoms with E-state index in [9.17, 15) is 15.0 Å². The predicted molar refractivity (Wildman–Crippen MR) is 60.2 cm³/mol. The monoisotopic (exact) mass is 227 g/mol. The second-order valence-electron chi connectivity index (χ2n) is 6.29. The van der Waals surface area contributed by atoms with E-state index < -0.39 is 6.09 Å². The number of rotatable bonds is 1. The van der Waals surface area contributed by atoms with E-state index >= 15 is 0 Å². The van der Waals surface area contributed by atoms with E-state index in [0.717, 1.165) is 12.8 Å². The smallest absolute Gasteiger partial charge is 0.407 e. The Hall–Kier alpha value is -0.770. The minimum absolute atomic E-state index is 0.0526. The molecule has 1 saturated carbocycles. The third-order valence-corrected chi connectivity index (χ3v) is 4.63. The van der Waals surface area contributed by atoms with Crippen LogP contribution in [0.2, 0.25) is 0 Å². The number of aliphatic hydroxyl groups is 1. The lowest BCUT2D eigenvalue weighted by Crippen LogP contribution is -2.51. The molecular formula is C12H21NO3. The van der Waals surface area contributed by atoms with Gasteiger partial charge in [-0.1, -0.05) is 20.8 Å². The molecule has 1 amide bonds. The maximum Gasteiger partial charge on any atom is 0.407 e. The van der Waals surface area contributed by atoms with E-state index in [1.165, 1.54) is 4.90 Å². The van der Waals surface area contributed by atoms with Crippen LogP contribution in [0.3, 0.4) is 0 Å². The van der Waals surface area contributed by atoms with Gasteiger partial charge in [0.05, 0.1) is 12.6 Å². The van der Waals surface area contributed by atoms with Crippen LogP contribution in [0.4, 0.5) is 4.79 Å². The fourth-order valence-corrected chi connectivity index (χ4v) is 3.32. The van der Waals surface area contributed by atoms with Gasteiger partial charge in [0.2, 0.25) is 0 Å². The topological polar surface area (TPSA) is 60.8 Å². The zero-order valence-corrected chi connectivity index (χ0v) is 10.2. The Kier molecular flexibility index (Phi) is 2.46. The van der Waals surface area contributed by atoms with Gasteiger partial charge in [-0.2, -0.15) is 0 Å². The molecule has 1 heterocycles. The number of likely N-dealkylation sites (tertiary alicyclic amines) is 1. The summed E-state index contributed by atoms with van der Waals surface area (Å²) < 4.78 is 0. The first-order valence-corrected chi connectivity index (χ1v) is 5.92. The maximum atomic E-state index is 11.2. The molecule has 92 valence electrons. The second-order valence-corrected chi connectivity index (χ2v) is 6.29. The van der Waals surface area contributed by atoms with Crippen LogP contribution in [0, 0.1) is 16.7 Å². The van der Waals surface area contributed by atoms with Crippen molar-refractivity contribution in [2.75, 3.05) is 13.2 Å². The molecule has 2 N–H and O–H groups in total. The summed E-state index contributed by atoms with van der Waals surface area (Å²) in [5.41, 5.74) is 0.294. The van der Waals surface area contributed by atoms with Crippen molar-refractivity contribution in [2.45, 2.75) is 39.7 Å². The molecule has 0 aromatic carbocycles. The Morgan fingerprint density at radius 3 is 2.56 bits per heavy atom. The first-order chi connectivity index (χ1) is 7.32. The van der Waals surface area contributed by atoms with E-state index in [0.29, 0.717) is 12.5 Å². The number of carboxylic acid groups (broad SMARTS) is 1. The van der Waals surface area contributed by atoms with Crippen LogP contribution in [-0.4, -0.2) is 40.4 Å². The molecule has 2 fully saturated rings. The standard InChI is InChI=1S/C12H21NO3/c1-11(2,3)12-5-8(12)4-9(6-14)13(7-12)10(15)16/h8-9,14H,4-7H2,1-3H3,(H,15,16)/t8-,9-,12+/m0/s1. The summed E-state index contributed by atoms with van der Waals surface area (Å²) in [4.78, 5) is 12.6.